The largest absolute Gasteiger partial charge is 0.381 e. The molecule has 9 heteroatoms. The highest BCUT2D eigenvalue weighted by Gasteiger charge is 2.28. The fourth-order valence-electron chi connectivity index (χ4n) is 5.60. The number of imidazole rings is 1. The van der Waals surface area contributed by atoms with Crippen molar-refractivity contribution in [1.82, 2.24) is 24.6 Å². The third-order valence-corrected chi connectivity index (χ3v) is 7.68. The molecule has 6 heterocycles. The van der Waals surface area contributed by atoms with E-state index in [4.69, 9.17) is 9.72 Å². The quantitative estimate of drug-likeness (QED) is 0.382. The van der Waals surface area contributed by atoms with Gasteiger partial charge in [0.1, 0.15) is 17.3 Å². The molecule has 1 amide bonds. The fourth-order valence-corrected chi connectivity index (χ4v) is 5.60. The zero-order valence-electron chi connectivity index (χ0n) is 20.3. The molecular weight excluding hydrogens is 483 g/mol. The lowest BCUT2D eigenvalue weighted by Gasteiger charge is -2.31. The highest BCUT2D eigenvalue weighted by molar-refractivity contribution is 6.06. The van der Waals surface area contributed by atoms with E-state index in [1.165, 1.54) is 24.1 Å². The van der Waals surface area contributed by atoms with Gasteiger partial charge in [-0.05, 0) is 55.3 Å². The van der Waals surface area contributed by atoms with Crippen LogP contribution in [0.4, 0.5) is 15.9 Å². The Hall–Kier alpha value is -3.82. The van der Waals surface area contributed by atoms with Crippen LogP contribution in [-0.4, -0.2) is 51.5 Å². The number of aromatic nitrogens is 3. The van der Waals surface area contributed by atoms with Gasteiger partial charge < -0.3 is 15.4 Å². The Bertz CT molecular complexity index is 1520. The van der Waals surface area contributed by atoms with Gasteiger partial charge in [0.05, 0.1) is 35.4 Å². The van der Waals surface area contributed by atoms with Gasteiger partial charge in [-0.1, -0.05) is 19.6 Å². The van der Waals surface area contributed by atoms with Crippen molar-refractivity contribution in [3.8, 4) is 11.3 Å². The molecular formula is C29H31FN6O2. The number of halogens is 1. The molecule has 0 radical (unpaired) electrons. The summed E-state index contributed by atoms with van der Waals surface area (Å²) in [6.45, 7) is 4.99. The van der Waals surface area contributed by atoms with Crippen LogP contribution in [0.25, 0.3) is 16.9 Å². The van der Waals surface area contributed by atoms with Gasteiger partial charge in [0.2, 0.25) is 0 Å². The van der Waals surface area contributed by atoms with E-state index in [1.807, 2.05) is 22.6 Å². The van der Waals surface area contributed by atoms with E-state index >= 15 is 0 Å². The van der Waals surface area contributed by atoms with Crippen LogP contribution in [0.5, 0.6) is 0 Å². The van der Waals surface area contributed by atoms with Crippen LogP contribution in [0, 0.1) is 5.82 Å². The second-order valence-corrected chi connectivity index (χ2v) is 9.96. The average Bonchev–Trinajstić information content (AvgIpc) is 3.63. The first-order chi connectivity index (χ1) is 18.1. The van der Waals surface area contributed by atoms with Crippen molar-refractivity contribution < 1.29 is 13.9 Å². The number of nitrogens with zero attached hydrogens (tertiary/aromatic N) is 4. The van der Waals surface area contributed by atoms with Crippen molar-refractivity contribution in [2.24, 2.45) is 0 Å². The molecule has 3 aromatic heterocycles. The van der Waals surface area contributed by atoms with Gasteiger partial charge in [-0.25, -0.2) is 14.4 Å². The Labute approximate surface area is 220 Å². The predicted octanol–water partition coefficient (Wildman–Crippen LogP) is 4.87. The highest BCUT2D eigenvalue weighted by atomic mass is 19.1. The van der Waals surface area contributed by atoms with Crippen molar-refractivity contribution in [3.63, 3.8) is 0 Å². The minimum absolute atomic E-state index is 0. The number of ether oxygens (including phenoxy) is 1. The molecule has 0 spiro atoms. The Balaban J connectivity index is 0.00000264. The number of fused-ring (bicyclic) bond motifs is 2. The first-order valence-corrected chi connectivity index (χ1v) is 12.8. The molecule has 38 heavy (non-hydrogen) atoms. The Morgan fingerprint density at radius 3 is 2.87 bits per heavy atom. The number of rotatable bonds is 6. The lowest BCUT2D eigenvalue weighted by Crippen LogP contribution is -2.37. The number of carbonyl (C=O) groups is 1. The standard InChI is InChI=1S/C28H27FN6O2.CH4/c29-18-6-10-35-24(14-30-26(35)12-18)20-2-4-22(27-21(20)13-31-28(27)36)32-25-5-3-19(17-7-11-37-16-17)23(33-25)15-34-8-1-9-34;/h2-6,10,12,14,17H,1,7-9,11,13,15-16H2,(H,31,36)(H,32,33);1H4/t17-;/m0./s1. The summed E-state index contributed by atoms with van der Waals surface area (Å²) in [5, 5.41) is 6.39. The van der Waals surface area contributed by atoms with Crippen LogP contribution in [0.1, 0.15) is 53.4 Å². The molecule has 196 valence electrons. The number of amides is 1. The van der Waals surface area contributed by atoms with Crippen LogP contribution in [0.3, 0.4) is 0 Å². The van der Waals surface area contributed by atoms with Crippen LogP contribution >= 0.6 is 0 Å². The molecule has 2 N–H and O–H groups in total. The van der Waals surface area contributed by atoms with Gasteiger partial charge in [0.25, 0.3) is 5.91 Å². The lowest BCUT2D eigenvalue weighted by molar-refractivity contribution is 0.0966. The number of pyridine rings is 2. The molecule has 0 unspecified atom stereocenters. The maximum absolute atomic E-state index is 13.7. The van der Waals surface area contributed by atoms with Crippen molar-refractivity contribution in [3.05, 3.63) is 77.0 Å². The number of anilines is 2. The molecule has 1 atom stereocenters. The topological polar surface area (TPSA) is 83.8 Å². The monoisotopic (exact) mass is 514 g/mol. The van der Waals surface area contributed by atoms with Crippen LogP contribution in [0.15, 0.2) is 48.8 Å². The van der Waals surface area contributed by atoms with E-state index in [0.717, 1.165) is 67.6 Å². The smallest absolute Gasteiger partial charge is 0.254 e. The molecule has 0 bridgehead atoms. The lowest BCUT2D eigenvalue weighted by atomic mass is 9.96. The summed E-state index contributed by atoms with van der Waals surface area (Å²) in [5.74, 6) is 0.641. The van der Waals surface area contributed by atoms with Crippen molar-refractivity contribution in [2.45, 2.75) is 39.3 Å². The molecule has 3 aliphatic heterocycles. The summed E-state index contributed by atoms with van der Waals surface area (Å²) < 4.78 is 21.2. The molecule has 8 nitrogen and oxygen atoms in total. The van der Waals surface area contributed by atoms with Crippen molar-refractivity contribution in [1.29, 1.82) is 0 Å². The van der Waals surface area contributed by atoms with E-state index < -0.39 is 0 Å². The van der Waals surface area contributed by atoms with Gasteiger partial charge in [-0.2, -0.15) is 0 Å². The fraction of sp³-hybridized carbons (Fsp3) is 0.345. The number of likely N-dealkylation sites (tertiary alicyclic amines) is 1. The normalized spacial score (nSPS) is 18.7. The summed E-state index contributed by atoms with van der Waals surface area (Å²) in [6, 6.07) is 10.9. The molecule has 4 aromatic rings. The molecule has 3 aliphatic rings. The van der Waals surface area contributed by atoms with Gasteiger partial charge in [-0.15, -0.1) is 0 Å². The third-order valence-electron chi connectivity index (χ3n) is 7.68. The zero-order valence-corrected chi connectivity index (χ0v) is 20.3. The Morgan fingerprint density at radius 1 is 1.18 bits per heavy atom. The van der Waals surface area contributed by atoms with E-state index in [0.29, 0.717) is 29.4 Å². The first-order valence-electron chi connectivity index (χ1n) is 12.8. The summed E-state index contributed by atoms with van der Waals surface area (Å²) in [7, 11) is 0. The number of hydrogen-bond donors (Lipinski definition) is 2. The third kappa shape index (κ3) is 4.21. The van der Waals surface area contributed by atoms with Gasteiger partial charge in [0, 0.05) is 43.4 Å². The second-order valence-electron chi connectivity index (χ2n) is 9.96. The molecule has 2 saturated heterocycles. The Morgan fingerprint density at radius 2 is 2.08 bits per heavy atom. The molecule has 7 rings (SSSR count). The highest BCUT2D eigenvalue weighted by Crippen LogP contribution is 2.36. The van der Waals surface area contributed by atoms with Gasteiger partial charge in [0.15, 0.2) is 0 Å². The van der Waals surface area contributed by atoms with Crippen LogP contribution < -0.4 is 10.6 Å². The van der Waals surface area contributed by atoms with Crippen LogP contribution in [0.2, 0.25) is 0 Å². The summed E-state index contributed by atoms with van der Waals surface area (Å²) in [4.78, 5) is 24.7. The van der Waals surface area contributed by atoms with E-state index in [-0.39, 0.29) is 19.2 Å². The van der Waals surface area contributed by atoms with E-state index in [2.05, 4.69) is 26.6 Å². The first kappa shape index (κ1) is 24.5. The SMILES string of the molecule is C.O=C1NCc2c(-c3cnc4cc(F)ccn34)ccc(Nc3ccc([C@H]4CCOC4)c(CN4CCC4)n3)c21. The minimum atomic E-state index is -0.335. The number of benzene rings is 1. The number of nitrogens with one attached hydrogen (secondary N) is 2. The second kappa shape index (κ2) is 9.81. The maximum atomic E-state index is 13.7. The van der Waals surface area contributed by atoms with Gasteiger partial charge in [-0.3, -0.25) is 14.1 Å². The number of hydrogen-bond acceptors (Lipinski definition) is 6. The molecule has 0 saturated carbocycles. The zero-order chi connectivity index (χ0) is 24.9. The Kier molecular flexibility index (Phi) is 6.33. The number of carbonyl (C=O) groups excluding carboxylic acids is 1. The molecule has 0 aliphatic carbocycles. The minimum Gasteiger partial charge on any atom is -0.381 e. The van der Waals surface area contributed by atoms with E-state index in [1.54, 1.807) is 12.4 Å². The predicted molar refractivity (Wildman–Crippen MR) is 144 cm³/mol. The summed E-state index contributed by atoms with van der Waals surface area (Å²) in [6.07, 6.45) is 5.63. The summed E-state index contributed by atoms with van der Waals surface area (Å²) >= 11 is 0. The summed E-state index contributed by atoms with van der Waals surface area (Å²) in [5.41, 5.74) is 6.78. The van der Waals surface area contributed by atoms with E-state index in [9.17, 15) is 9.18 Å². The average molecular weight is 515 g/mol. The van der Waals surface area contributed by atoms with Crippen molar-refractivity contribution >= 4 is 23.1 Å². The molecule has 1 aromatic carbocycles. The molecule has 2 fully saturated rings. The van der Waals surface area contributed by atoms with Crippen LogP contribution in [-0.2, 0) is 17.8 Å². The van der Waals surface area contributed by atoms with Crippen molar-refractivity contribution in [2.75, 3.05) is 31.6 Å². The van der Waals surface area contributed by atoms with Gasteiger partial charge >= 0.3 is 0 Å². The maximum Gasteiger partial charge on any atom is 0.254 e.